The lowest BCUT2D eigenvalue weighted by molar-refractivity contribution is -0.148. The number of aromatic nitrogens is 1. The molecule has 7 nitrogen and oxygen atoms in total. The molecule has 25 heavy (non-hydrogen) atoms. The summed E-state index contributed by atoms with van der Waals surface area (Å²) in [5, 5.41) is 11.9. The highest BCUT2D eigenvalue weighted by Gasteiger charge is 2.18. The molecule has 0 saturated heterocycles. The minimum Gasteiger partial charge on any atom is -0.456 e. The minimum atomic E-state index is -0.481. The van der Waals surface area contributed by atoms with Gasteiger partial charge in [-0.15, -0.1) is 0 Å². The normalized spacial score (nSPS) is 14.1. The predicted molar refractivity (Wildman–Crippen MR) is 90.9 cm³/mol. The number of aromatic amines is 1. The van der Waals surface area contributed by atoms with Crippen molar-refractivity contribution in [1.82, 2.24) is 10.3 Å². The van der Waals surface area contributed by atoms with Crippen LogP contribution in [0, 0.1) is 25.2 Å². The summed E-state index contributed by atoms with van der Waals surface area (Å²) in [4.78, 5) is 37.9. The maximum absolute atomic E-state index is 11.9. The molecular formula is C18H23N3O4. The first-order valence-corrected chi connectivity index (χ1v) is 8.49. The third-order valence-electron chi connectivity index (χ3n) is 4.58. The summed E-state index contributed by atoms with van der Waals surface area (Å²) in [5.41, 5.74) is 1.60. The van der Waals surface area contributed by atoms with Crippen molar-refractivity contribution in [3.8, 4) is 6.07 Å². The summed E-state index contributed by atoms with van der Waals surface area (Å²) >= 11 is 0. The first-order valence-electron chi connectivity index (χ1n) is 8.49. The molecule has 2 rings (SSSR count). The molecule has 0 aromatic carbocycles. The molecule has 1 fully saturated rings. The van der Waals surface area contributed by atoms with E-state index < -0.39 is 11.5 Å². The van der Waals surface area contributed by atoms with Gasteiger partial charge in [-0.05, 0) is 44.2 Å². The van der Waals surface area contributed by atoms with Gasteiger partial charge in [-0.3, -0.25) is 14.4 Å². The van der Waals surface area contributed by atoms with Gasteiger partial charge in [0.25, 0.3) is 11.5 Å². The zero-order valence-electron chi connectivity index (χ0n) is 14.6. The Morgan fingerprint density at radius 1 is 1.32 bits per heavy atom. The highest BCUT2D eigenvalue weighted by molar-refractivity contribution is 5.80. The second-order valence-corrected chi connectivity index (χ2v) is 6.38. The lowest BCUT2D eigenvalue weighted by Crippen LogP contribution is -2.35. The van der Waals surface area contributed by atoms with E-state index in [1.54, 1.807) is 13.8 Å². The van der Waals surface area contributed by atoms with Crippen LogP contribution in [-0.4, -0.2) is 29.5 Å². The van der Waals surface area contributed by atoms with E-state index in [1.807, 2.05) is 6.07 Å². The number of carbonyl (C=O) groups excluding carboxylic acids is 2. The fourth-order valence-electron chi connectivity index (χ4n) is 3.21. The number of amides is 1. The van der Waals surface area contributed by atoms with Crippen LogP contribution in [0.5, 0.6) is 0 Å². The Morgan fingerprint density at radius 2 is 2.00 bits per heavy atom. The molecule has 0 unspecified atom stereocenters. The number of pyridine rings is 1. The molecule has 1 aliphatic rings. The van der Waals surface area contributed by atoms with Gasteiger partial charge in [-0.25, -0.2) is 0 Å². The number of carbonyl (C=O) groups is 2. The molecule has 1 amide bonds. The number of rotatable bonds is 6. The van der Waals surface area contributed by atoms with Crippen molar-refractivity contribution in [3.05, 3.63) is 32.7 Å². The predicted octanol–water partition coefficient (Wildman–Crippen LogP) is 1.40. The summed E-state index contributed by atoms with van der Waals surface area (Å²) < 4.78 is 5.01. The van der Waals surface area contributed by atoms with Crippen molar-refractivity contribution in [1.29, 1.82) is 5.26 Å². The van der Waals surface area contributed by atoms with Gasteiger partial charge in [0.1, 0.15) is 11.6 Å². The van der Waals surface area contributed by atoms with Gasteiger partial charge in [-0.1, -0.05) is 12.8 Å². The maximum Gasteiger partial charge on any atom is 0.306 e. The van der Waals surface area contributed by atoms with Crippen molar-refractivity contribution in [3.63, 3.8) is 0 Å². The fourth-order valence-corrected chi connectivity index (χ4v) is 3.21. The quantitative estimate of drug-likeness (QED) is 0.757. The van der Waals surface area contributed by atoms with E-state index in [4.69, 9.17) is 10.00 Å². The number of hydrogen-bond donors (Lipinski definition) is 2. The minimum absolute atomic E-state index is 0.0601. The molecule has 2 N–H and O–H groups in total. The number of esters is 1. The Labute approximate surface area is 146 Å². The average Bonchev–Trinajstić information content (AvgIpc) is 3.05. The van der Waals surface area contributed by atoms with Gasteiger partial charge >= 0.3 is 5.97 Å². The Hall–Kier alpha value is -2.62. The summed E-state index contributed by atoms with van der Waals surface area (Å²) in [6.45, 7) is 3.14. The van der Waals surface area contributed by atoms with Crippen LogP contribution in [0.15, 0.2) is 4.79 Å². The lowest BCUT2D eigenvalue weighted by atomic mass is 9.99. The van der Waals surface area contributed by atoms with Gasteiger partial charge in [0.2, 0.25) is 0 Å². The number of nitriles is 1. The average molecular weight is 345 g/mol. The molecule has 0 bridgehead atoms. The molecule has 134 valence electrons. The van der Waals surface area contributed by atoms with Gasteiger partial charge in [-0.2, -0.15) is 5.26 Å². The largest absolute Gasteiger partial charge is 0.456 e. The molecule has 0 aliphatic heterocycles. The van der Waals surface area contributed by atoms with Crippen LogP contribution in [0.1, 0.15) is 54.5 Å². The van der Waals surface area contributed by atoms with Gasteiger partial charge < -0.3 is 15.0 Å². The summed E-state index contributed by atoms with van der Waals surface area (Å²) in [6, 6.07) is 2.08. The van der Waals surface area contributed by atoms with Crippen molar-refractivity contribution in [2.45, 2.75) is 58.4 Å². The van der Waals surface area contributed by atoms with Crippen molar-refractivity contribution in [2.75, 3.05) is 6.61 Å². The van der Waals surface area contributed by atoms with Crippen LogP contribution in [0.3, 0.4) is 0 Å². The number of ether oxygens (including phenoxy) is 1. The first-order chi connectivity index (χ1) is 11.9. The fraction of sp³-hybridized carbons (Fsp3) is 0.556. The SMILES string of the molecule is Cc1[nH]c(=O)c(C#N)c(C)c1CCC(=O)OCC(=O)NC1CCCC1. The topological polar surface area (TPSA) is 112 Å². The van der Waals surface area contributed by atoms with E-state index in [2.05, 4.69) is 10.3 Å². The standard InChI is InChI=1S/C18H23N3O4/c1-11-14(12(2)20-18(24)15(11)9-19)7-8-17(23)25-10-16(22)21-13-5-3-4-6-13/h13H,3-8,10H2,1-2H3,(H,20,24)(H,21,22). The Kier molecular flexibility index (Phi) is 6.34. The monoisotopic (exact) mass is 345 g/mol. The zero-order chi connectivity index (χ0) is 18.4. The van der Waals surface area contributed by atoms with Crippen molar-refractivity contribution < 1.29 is 14.3 Å². The highest BCUT2D eigenvalue weighted by atomic mass is 16.5. The van der Waals surface area contributed by atoms with Crippen LogP contribution in [0.25, 0.3) is 0 Å². The summed E-state index contributed by atoms with van der Waals surface area (Å²) in [5.74, 6) is -0.756. The number of aryl methyl sites for hydroxylation is 1. The second-order valence-electron chi connectivity index (χ2n) is 6.38. The molecule has 1 aliphatic carbocycles. The van der Waals surface area contributed by atoms with Gasteiger partial charge in [0, 0.05) is 18.2 Å². The molecule has 0 atom stereocenters. The lowest BCUT2D eigenvalue weighted by Gasteiger charge is -2.12. The number of hydrogen-bond acceptors (Lipinski definition) is 5. The maximum atomic E-state index is 11.9. The highest BCUT2D eigenvalue weighted by Crippen LogP contribution is 2.17. The Balaban J connectivity index is 1.85. The van der Waals surface area contributed by atoms with E-state index in [0.717, 1.165) is 31.2 Å². The van der Waals surface area contributed by atoms with Crippen LogP contribution in [0.4, 0.5) is 0 Å². The molecule has 7 heteroatoms. The van der Waals surface area contributed by atoms with Crippen LogP contribution in [-0.2, 0) is 20.7 Å². The van der Waals surface area contributed by atoms with Gasteiger partial charge in [0.05, 0.1) is 0 Å². The third kappa shape index (κ3) is 4.92. The molecule has 1 aromatic rings. The van der Waals surface area contributed by atoms with E-state index >= 15 is 0 Å². The Morgan fingerprint density at radius 3 is 2.64 bits per heavy atom. The Bertz CT molecular complexity index is 755. The molecular weight excluding hydrogens is 322 g/mol. The molecule has 1 heterocycles. The van der Waals surface area contributed by atoms with Crippen molar-refractivity contribution >= 4 is 11.9 Å². The van der Waals surface area contributed by atoms with Crippen LogP contribution in [0.2, 0.25) is 0 Å². The molecule has 0 spiro atoms. The van der Waals surface area contributed by atoms with Crippen LogP contribution < -0.4 is 10.9 Å². The van der Waals surface area contributed by atoms with Gasteiger partial charge in [0.15, 0.2) is 6.61 Å². The third-order valence-corrected chi connectivity index (χ3v) is 4.58. The van der Waals surface area contributed by atoms with E-state index in [9.17, 15) is 14.4 Å². The first kappa shape index (κ1) is 18.7. The number of H-pyrrole nitrogens is 1. The second kappa shape index (κ2) is 8.47. The number of nitrogens with one attached hydrogen (secondary N) is 2. The number of nitrogens with zero attached hydrogens (tertiary/aromatic N) is 1. The van der Waals surface area contributed by atoms with Crippen LogP contribution >= 0.6 is 0 Å². The van der Waals surface area contributed by atoms with E-state index in [0.29, 0.717) is 17.7 Å². The van der Waals surface area contributed by atoms with E-state index in [1.165, 1.54) is 0 Å². The molecule has 0 radical (unpaired) electrons. The molecule has 1 saturated carbocycles. The smallest absolute Gasteiger partial charge is 0.306 e. The zero-order valence-corrected chi connectivity index (χ0v) is 14.6. The summed E-state index contributed by atoms with van der Waals surface area (Å²) in [6.07, 6.45) is 4.61. The molecule has 1 aromatic heterocycles. The van der Waals surface area contributed by atoms with Crippen molar-refractivity contribution in [2.24, 2.45) is 0 Å². The van der Waals surface area contributed by atoms with E-state index in [-0.39, 0.29) is 30.5 Å². The summed E-state index contributed by atoms with van der Waals surface area (Å²) in [7, 11) is 0.